The van der Waals surface area contributed by atoms with Crippen LogP contribution < -0.4 is 15.0 Å². The molecule has 1 aromatic carbocycles. The molecule has 2 aromatic rings. The van der Waals surface area contributed by atoms with E-state index in [1.165, 1.54) is 17.5 Å². The Balaban J connectivity index is 2.08. The Morgan fingerprint density at radius 1 is 1.16 bits per heavy atom. The molecule has 0 spiro atoms. The Kier molecular flexibility index (Phi) is 3.51. The molecule has 4 nitrogen and oxygen atoms in total. The third-order valence-corrected chi connectivity index (χ3v) is 3.66. The monoisotopic (exact) mass is 257 g/mol. The van der Waals surface area contributed by atoms with Gasteiger partial charge in [0.25, 0.3) is 0 Å². The van der Waals surface area contributed by atoms with E-state index in [2.05, 4.69) is 27.3 Å². The molecular weight excluding hydrogens is 238 g/mol. The smallest absolute Gasteiger partial charge is 0.128 e. The number of aromatic nitrogens is 1. The van der Waals surface area contributed by atoms with Gasteiger partial charge in [-0.25, -0.2) is 0 Å². The highest BCUT2D eigenvalue weighted by molar-refractivity contribution is 5.97. The number of ether oxygens (including phenoxy) is 1. The summed E-state index contributed by atoms with van der Waals surface area (Å²) >= 11 is 0. The van der Waals surface area contributed by atoms with Crippen LogP contribution in [0.2, 0.25) is 0 Å². The zero-order valence-electron chi connectivity index (χ0n) is 11.2. The maximum Gasteiger partial charge on any atom is 0.128 e. The number of nitrogens with zero attached hydrogens (tertiary/aromatic N) is 2. The minimum Gasteiger partial charge on any atom is -0.496 e. The summed E-state index contributed by atoms with van der Waals surface area (Å²) < 4.78 is 5.42. The number of pyridine rings is 1. The lowest BCUT2D eigenvalue weighted by molar-refractivity contribution is 0.419. The second-order valence-electron chi connectivity index (χ2n) is 4.80. The van der Waals surface area contributed by atoms with E-state index in [0.717, 1.165) is 37.3 Å². The molecule has 0 unspecified atom stereocenters. The van der Waals surface area contributed by atoms with Crippen LogP contribution in [0, 0.1) is 0 Å². The molecule has 1 fully saturated rings. The summed E-state index contributed by atoms with van der Waals surface area (Å²) in [5, 5.41) is 5.74. The first-order valence-electron chi connectivity index (χ1n) is 6.76. The molecule has 2 heterocycles. The molecule has 3 rings (SSSR count). The third kappa shape index (κ3) is 2.36. The second-order valence-corrected chi connectivity index (χ2v) is 4.80. The Hall–Kier alpha value is -1.81. The highest BCUT2D eigenvalue weighted by Gasteiger charge is 2.14. The zero-order chi connectivity index (χ0) is 13.1. The van der Waals surface area contributed by atoms with Gasteiger partial charge in [-0.2, -0.15) is 0 Å². The lowest BCUT2D eigenvalue weighted by Crippen LogP contribution is -2.27. The van der Waals surface area contributed by atoms with Gasteiger partial charge in [0.2, 0.25) is 0 Å². The minimum absolute atomic E-state index is 0.889. The van der Waals surface area contributed by atoms with Gasteiger partial charge in [-0.15, -0.1) is 0 Å². The van der Waals surface area contributed by atoms with Crippen molar-refractivity contribution in [1.82, 2.24) is 10.3 Å². The van der Waals surface area contributed by atoms with Crippen molar-refractivity contribution in [3.05, 3.63) is 30.6 Å². The summed E-state index contributed by atoms with van der Waals surface area (Å²) in [4.78, 5) is 6.66. The third-order valence-electron chi connectivity index (χ3n) is 3.66. The predicted octanol–water partition coefficient (Wildman–Crippen LogP) is 2.04. The lowest BCUT2D eigenvalue weighted by Gasteiger charge is -2.24. The van der Waals surface area contributed by atoms with Gasteiger partial charge in [0.15, 0.2) is 0 Å². The molecule has 4 heteroatoms. The summed E-state index contributed by atoms with van der Waals surface area (Å²) in [6.07, 6.45) is 4.91. The first kappa shape index (κ1) is 12.2. The maximum atomic E-state index is 5.42. The van der Waals surface area contributed by atoms with Crippen molar-refractivity contribution in [2.75, 3.05) is 38.2 Å². The molecule has 0 radical (unpaired) electrons. The Bertz CT molecular complexity index is 562. The fourth-order valence-electron chi connectivity index (χ4n) is 2.69. The largest absolute Gasteiger partial charge is 0.496 e. The van der Waals surface area contributed by atoms with E-state index < -0.39 is 0 Å². The van der Waals surface area contributed by atoms with E-state index >= 15 is 0 Å². The lowest BCUT2D eigenvalue weighted by atomic mass is 10.1. The fourth-order valence-corrected chi connectivity index (χ4v) is 2.69. The molecule has 1 N–H and O–H groups in total. The first-order chi connectivity index (χ1) is 9.40. The molecule has 1 aliphatic rings. The van der Waals surface area contributed by atoms with Gasteiger partial charge in [-0.3, -0.25) is 4.98 Å². The van der Waals surface area contributed by atoms with Crippen molar-refractivity contribution in [2.24, 2.45) is 0 Å². The van der Waals surface area contributed by atoms with Crippen molar-refractivity contribution in [3.63, 3.8) is 0 Å². The summed E-state index contributed by atoms with van der Waals surface area (Å²) in [6, 6.07) is 6.27. The molecule has 1 saturated heterocycles. The van der Waals surface area contributed by atoms with Gasteiger partial charge in [0.1, 0.15) is 5.75 Å². The van der Waals surface area contributed by atoms with Crippen molar-refractivity contribution in [1.29, 1.82) is 0 Å². The average Bonchev–Trinajstić information content (AvgIpc) is 2.75. The van der Waals surface area contributed by atoms with Crippen LogP contribution in [0.3, 0.4) is 0 Å². The van der Waals surface area contributed by atoms with E-state index in [4.69, 9.17) is 4.74 Å². The minimum atomic E-state index is 0.889. The van der Waals surface area contributed by atoms with Crippen LogP contribution in [0.4, 0.5) is 5.69 Å². The van der Waals surface area contributed by atoms with Gasteiger partial charge >= 0.3 is 0 Å². The normalized spacial score (nSPS) is 16.4. The van der Waals surface area contributed by atoms with E-state index in [1.54, 1.807) is 7.11 Å². The number of methoxy groups -OCH3 is 1. The molecule has 1 aromatic heterocycles. The predicted molar refractivity (Wildman–Crippen MR) is 78.0 cm³/mol. The maximum absolute atomic E-state index is 5.42. The number of benzene rings is 1. The number of rotatable bonds is 2. The van der Waals surface area contributed by atoms with Gasteiger partial charge in [-0.05, 0) is 31.2 Å². The summed E-state index contributed by atoms with van der Waals surface area (Å²) in [7, 11) is 1.71. The summed E-state index contributed by atoms with van der Waals surface area (Å²) in [5.74, 6) is 0.889. The molecule has 0 amide bonds. The van der Waals surface area contributed by atoms with Crippen LogP contribution in [0.15, 0.2) is 30.6 Å². The molecule has 19 heavy (non-hydrogen) atoms. The first-order valence-corrected chi connectivity index (χ1v) is 6.76. The average molecular weight is 257 g/mol. The molecule has 0 aliphatic carbocycles. The second kappa shape index (κ2) is 5.45. The number of nitrogens with one attached hydrogen (secondary N) is 1. The molecule has 100 valence electrons. The standard InChI is InChI=1S/C15H19N3O/c1-19-15-4-3-14(12-5-7-17-11-13(12)15)18-9-2-6-16-8-10-18/h3-5,7,11,16H,2,6,8-10H2,1H3. The quantitative estimate of drug-likeness (QED) is 0.893. The van der Waals surface area contributed by atoms with E-state index in [-0.39, 0.29) is 0 Å². The van der Waals surface area contributed by atoms with Crippen LogP contribution in [0.25, 0.3) is 10.8 Å². The number of fused-ring (bicyclic) bond motifs is 1. The number of hydrogen-bond acceptors (Lipinski definition) is 4. The molecule has 0 saturated carbocycles. The van der Waals surface area contributed by atoms with Gasteiger partial charge in [0.05, 0.1) is 7.11 Å². The van der Waals surface area contributed by atoms with E-state index in [0.29, 0.717) is 0 Å². The van der Waals surface area contributed by atoms with Crippen LogP contribution in [-0.2, 0) is 0 Å². The van der Waals surface area contributed by atoms with Crippen LogP contribution >= 0.6 is 0 Å². The topological polar surface area (TPSA) is 37.4 Å². The fraction of sp³-hybridized carbons (Fsp3) is 0.400. The van der Waals surface area contributed by atoms with E-state index in [1.807, 2.05) is 18.5 Å². The van der Waals surface area contributed by atoms with Crippen LogP contribution in [0.5, 0.6) is 5.75 Å². The summed E-state index contributed by atoms with van der Waals surface area (Å²) in [5.41, 5.74) is 1.28. The highest BCUT2D eigenvalue weighted by Crippen LogP contribution is 2.33. The van der Waals surface area contributed by atoms with Crippen molar-refractivity contribution in [2.45, 2.75) is 6.42 Å². The number of hydrogen-bond donors (Lipinski definition) is 1. The summed E-state index contributed by atoms with van der Waals surface area (Å²) in [6.45, 7) is 4.28. The number of anilines is 1. The van der Waals surface area contributed by atoms with Gasteiger partial charge in [-0.1, -0.05) is 0 Å². The van der Waals surface area contributed by atoms with Gasteiger partial charge < -0.3 is 15.0 Å². The Labute approximate surface area is 113 Å². The van der Waals surface area contributed by atoms with Crippen LogP contribution in [-0.4, -0.2) is 38.3 Å². The van der Waals surface area contributed by atoms with Crippen molar-refractivity contribution in [3.8, 4) is 5.75 Å². The molecular formula is C15H19N3O. The molecule has 1 aliphatic heterocycles. The zero-order valence-corrected chi connectivity index (χ0v) is 11.2. The van der Waals surface area contributed by atoms with Crippen molar-refractivity contribution < 1.29 is 4.74 Å². The highest BCUT2D eigenvalue weighted by atomic mass is 16.5. The molecule has 0 bridgehead atoms. The van der Waals surface area contributed by atoms with Crippen LogP contribution in [0.1, 0.15) is 6.42 Å². The molecule has 0 atom stereocenters. The Morgan fingerprint density at radius 2 is 2.11 bits per heavy atom. The van der Waals surface area contributed by atoms with Gasteiger partial charge in [0, 0.05) is 48.5 Å². The Morgan fingerprint density at radius 3 is 3.00 bits per heavy atom. The van der Waals surface area contributed by atoms with Crippen molar-refractivity contribution >= 4 is 16.5 Å². The SMILES string of the molecule is COc1ccc(N2CCCNCC2)c2ccncc12. The van der Waals surface area contributed by atoms with E-state index in [9.17, 15) is 0 Å².